The highest BCUT2D eigenvalue weighted by atomic mass is 19.1. The van der Waals surface area contributed by atoms with Gasteiger partial charge >= 0.3 is 0 Å². The quantitative estimate of drug-likeness (QED) is 0.912. The average Bonchev–Trinajstić information content (AvgIpc) is 2.97. The second-order valence-electron chi connectivity index (χ2n) is 5.60. The molecule has 2 heterocycles. The Labute approximate surface area is 128 Å². The topological polar surface area (TPSA) is 61.0 Å². The van der Waals surface area contributed by atoms with Crippen molar-refractivity contribution < 1.29 is 9.18 Å². The summed E-state index contributed by atoms with van der Waals surface area (Å²) in [7, 11) is 1.74. The minimum absolute atomic E-state index is 0.127. The van der Waals surface area contributed by atoms with Crippen molar-refractivity contribution in [3.63, 3.8) is 0 Å². The van der Waals surface area contributed by atoms with Crippen LogP contribution in [0.3, 0.4) is 0 Å². The lowest BCUT2D eigenvalue weighted by Gasteiger charge is -2.25. The SMILES string of the molecule is CC(c1ccc(F)cc1)N(C)C(=O)c1n[nH]c2c1CNCC2. The van der Waals surface area contributed by atoms with Crippen molar-refractivity contribution in [1.82, 2.24) is 20.4 Å². The van der Waals surface area contributed by atoms with Crippen LogP contribution in [0.4, 0.5) is 4.39 Å². The lowest BCUT2D eigenvalue weighted by Crippen LogP contribution is -2.32. The summed E-state index contributed by atoms with van der Waals surface area (Å²) in [6.45, 7) is 3.47. The fourth-order valence-electron chi connectivity index (χ4n) is 2.71. The summed E-state index contributed by atoms with van der Waals surface area (Å²) >= 11 is 0. The van der Waals surface area contributed by atoms with Crippen LogP contribution in [0.5, 0.6) is 0 Å². The number of benzene rings is 1. The molecule has 0 radical (unpaired) electrons. The van der Waals surface area contributed by atoms with E-state index in [2.05, 4.69) is 15.5 Å². The van der Waals surface area contributed by atoms with Gasteiger partial charge in [0.2, 0.25) is 0 Å². The molecule has 6 heteroatoms. The number of amides is 1. The van der Waals surface area contributed by atoms with E-state index < -0.39 is 0 Å². The lowest BCUT2D eigenvalue weighted by molar-refractivity contribution is 0.0735. The number of rotatable bonds is 3. The van der Waals surface area contributed by atoms with Crippen molar-refractivity contribution in [3.8, 4) is 0 Å². The van der Waals surface area contributed by atoms with E-state index in [1.807, 2.05) is 6.92 Å². The Morgan fingerprint density at radius 1 is 1.36 bits per heavy atom. The molecule has 0 spiro atoms. The van der Waals surface area contributed by atoms with Crippen molar-refractivity contribution in [2.75, 3.05) is 13.6 Å². The van der Waals surface area contributed by atoms with Gasteiger partial charge in [0.25, 0.3) is 5.91 Å². The number of aromatic amines is 1. The molecule has 0 aliphatic carbocycles. The van der Waals surface area contributed by atoms with Crippen molar-refractivity contribution in [1.29, 1.82) is 0 Å². The van der Waals surface area contributed by atoms with Gasteiger partial charge < -0.3 is 10.2 Å². The van der Waals surface area contributed by atoms with Crippen LogP contribution in [-0.2, 0) is 13.0 Å². The third kappa shape index (κ3) is 2.62. The summed E-state index contributed by atoms with van der Waals surface area (Å²) in [4.78, 5) is 14.3. The second-order valence-corrected chi connectivity index (χ2v) is 5.60. The minimum Gasteiger partial charge on any atom is -0.334 e. The first-order chi connectivity index (χ1) is 10.6. The van der Waals surface area contributed by atoms with Crippen LogP contribution in [0.25, 0.3) is 0 Å². The number of hydrogen-bond acceptors (Lipinski definition) is 3. The molecule has 1 atom stereocenters. The summed E-state index contributed by atoms with van der Waals surface area (Å²) in [5, 5.41) is 10.4. The Morgan fingerprint density at radius 2 is 2.09 bits per heavy atom. The molecule has 1 amide bonds. The molecule has 1 aliphatic rings. The van der Waals surface area contributed by atoms with Crippen LogP contribution in [-0.4, -0.2) is 34.6 Å². The predicted molar refractivity (Wildman–Crippen MR) is 80.9 cm³/mol. The van der Waals surface area contributed by atoms with E-state index in [0.717, 1.165) is 29.8 Å². The van der Waals surface area contributed by atoms with E-state index in [4.69, 9.17) is 0 Å². The van der Waals surface area contributed by atoms with Crippen LogP contribution in [0.15, 0.2) is 24.3 Å². The highest BCUT2D eigenvalue weighted by Gasteiger charge is 2.26. The molecule has 2 N–H and O–H groups in total. The summed E-state index contributed by atoms with van der Waals surface area (Å²) in [5.74, 6) is -0.407. The van der Waals surface area contributed by atoms with Gasteiger partial charge in [-0.15, -0.1) is 0 Å². The first kappa shape index (κ1) is 14.7. The van der Waals surface area contributed by atoms with Gasteiger partial charge in [0.1, 0.15) is 5.82 Å². The van der Waals surface area contributed by atoms with E-state index in [1.165, 1.54) is 12.1 Å². The van der Waals surface area contributed by atoms with Crippen LogP contribution in [0.1, 0.15) is 40.3 Å². The summed E-state index contributed by atoms with van der Waals surface area (Å²) < 4.78 is 13.0. The summed E-state index contributed by atoms with van der Waals surface area (Å²) in [5.41, 5.74) is 3.35. The van der Waals surface area contributed by atoms with E-state index in [-0.39, 0.29) is 17.8 Å². The Balaban J connectivity index is 1.82. The number of halogens is 1. The zero-order valence-electron chi connectivity index (χ0n) is 12.7. The molecule has 0 bridgehead atoms. The Kier molecular flexibility index (Phi) is 3.94. The molecule has 1 aliphatic heterocycles. The first-order valence-electron chi connectivity index (χ1n) is 7.37. The lowest BCUT2D eigenvalue weighted by atomic mass is 10.0. The maximum absolute atomic E-state index is 13.0. The first-order valence-corrected chi connectivity index (χ1v) is 7.37. The number of nitrogens with zero attached hydrogens (tertiary/aromatic N) is 2. The van der Waals surface area contributed by atoms with Crippen molar-refractivity contribution in [3.05, 3.63) is 52.6 Å². The number of H-pyrrole nitrogens is 1. The van der Waals surface area contributed by atoms with Crippen LogP contribution in [0.2, 0.25) is 0 Å². The number of nitrogens with one attached hydrogen (secondary N) is 2. The van der Waals surface area contributed by atoms with Gasteiger partial charge in [-0.25, -0.2) is 4.39 Å². The summed E-state index contributed by atoms with van der Waals surface area (Å²) in [6.07, 6.45) is 0.854. The number of carbonyl (C=O) groups is 1. The number of hydrogen-bond donors (Lipinski definition) is 2. The van der Waals surface area contributed by atoms with Gasteiger partial charge in [0, 0.05) is 37.8 Å². The maximum Gasteiger partial charge on any atom is 0.274 e. The van der Waals surface area contributed by atoms with Gasteiger partial charge in [0.05, 0.1) is 6.04 Å². The molecule has 1 aromatic heterocycles. The number of carbonyl (C=O) groups excluding carboxylic acids is 1. The molecule has 1 aromatic carbocycles. The highest BCUT2D eigenvalue weighted by molar-refractivity contribution is 5.94. The van der Waals surface area contributed by atoms with Gasteiger partial charge in [-0.3, -0.25) is 9.89 Å². The fourth-order valence-corrected chi connectivity index (χ4v) is 2.71. The highest BCUT2D eigenvalue weighted by Crippen LogP contribution is 2.23. The Morgan fingerprint density at radius 3 is 2.82 bits per heavy atom. The van der Waals surface area contributed by atoms with Gasteiger partial charge in [-0.05, 0) is 24.6 Å². The van der Waals surface area contributed by atoms with E-state index in [1.54, 1.807) is 24.1 Å². The second kappa shape index (κ2) is 5.88. The monoisotopic (exact) mass is 302 g/mol. The molecular formula is C16H19FN4O. The minimum atomic E-state index is -0.280. The van der Waals surface area contributed by atoms with Gasteiger partial charge in [-0.2, -0.15) is 5.10 Å². The molecule has 5 nitrogen and oxygen atoms in total. The number of fused-ring (bicyclic) bond motifs is 1. The molecule has 0 saturated heterocycles. The zero-order valence-corrected chi connectivity index (χ0v) is 12.7. The van der Waals surface area contributed by atoms with Crippen LogP contribution >= 0.6 is 0 Å². The molecular weight excluding hydrogens is 283 g/mol. The smallest absolute Gasteiger partial charge is 0.274 e. The average molecular weight is 302 g/mol. The predicted octanol–water partition coefficient (Wildman–Crippen LogP) is 2.03. The largest absolute Gasteiger partial charge is 0.334 e. The molecule has 116 valence electrons. The fraction of sp³-hybridized carbons (Fsp3) is 0.375. The van der Waals surface area contributed by atoms with Crippen molar-refractivity contribution in [2.45, 2.75) is 25.9 Å². The molecule has 1 unspecified atom stereocenters. The van der Waals surface area contributed by atoms with Crippen molar-refractivity contribution >= 4 is 5.91 Å². The van der Waals surface area contributed by atoms with Crippen LogP contribution < -0.4 is 5.32 Å². The molecule has 2 aromatic rings. The molecule has 0 fully saturated rings. The van der Waals surface area contributed by atoms with Gasteiger partial charge in [0.15, 0.2) is 5.69 Å². The third-order valence-electron chi connectivity index (χ3n) is 4.26. The van der Waals surface area contributed by atoms with E-state index >= 15 is 0 Å². The molecule has 22 heavy (non-hydrogen) atoms. The van der Waals surface area contributed by atoms with Crippen LogP contribution in [0, 0.1) is 5.82 Å². The van der Waals surface area contributed by atoms with Gasteiger partial charge in [-0.1, -0.05) is 12.1 Å². The Bertz CT molecular complexity index is 680. The summed E-state index contributed by atoms with van der Waals surface area (Å²) in [6, 6.07) is 6.06. The zero-order chi connectivity index (χ0) is 15.7. The molecule has 3 rings (SSSR count). The van der Waals surface area contributed by atoms with E-state index in [9.17, 15) is 9.18 Å². The molecule has 0 saturated carbocycles. The van der Waals surface area contributed by atoms with E-state index in [0.29, 0.717) is 12.2 Å². The normalized spacial score (nSPS) is 15.2. The Hall–Kier alpha value is -2.21. The standard InChI is InChI=1S/C16H19FN4O/c1-10(11-3-5-12(17)6-4-11)21(2)16(22)15-13-9-18-8-7-14(13)19-20-15/h3-6,10,18H,7-9H2,1-2H3,(H,19,20). The third-order valence-corrected chi connectivity index (χ3v) is 4.26. The maximum atomic E-state index is 13.0. The number of aromatic nitrogens is 2. The van der Waals surface area contributed by atoms with Crippen molar-refractivity contribution in [2.24, 2.45) is 0 Å².